The molecule has 0 unspecified atom stereocenters. The van der Waals surface area contributed by atoms with Gasteiger partial charge in [-0.1, -0.05) is 12.2 Å². The fourth-order valence-electron chi connectivity index (χ4n) is 2.30. The Morgan fingerprint density at radius 3 is 2.55 bits per heavy atom. The number of H-pyrrole nitrogens is 1. The number of hydrogen-bond donors (Lipinski definition) is 1. The number of nitrogens with one attached hydrogen (secondary N) is 1. The van der Waals surface area contributed by atoms with Gasteiger partial charge >= 0.3 is 6.09 Å². The van der Waals surface area contributed by atoms with Crippen molar-refractivity contribution in [3.63, 3.8) is 0 Å². The van der Waals surface area contributed by atoms with Crippen LogP contribution in [-0.4, -0.2) is 47.8 Å². The van der Waals surface area contributed by atoms with E-state index in [0.29, 0.717) is 36.4 Å². The summed E-state index contributed by atoms with van der Waals surface area (Å²) in [5, 5.41) is 9.25. The van der Waals surface area contributed by atoms with Crippen LogP contribution in [0, 0.1) is 16.0 Å². The molecule has 22 heavy (non-hydrogen) atoms. The summed E-state index contributed by atoms with van der Waals surface area (Å²) in [5.74, 6) is 0. The summed E-state index contributed by atoms with van der Waals surface area (Å²) in [5.41, 5.74) is 0.799. The summed E-state index contributed by atoms with van der Waals surface area (Å²) in [6.45, 7) is 7.97. The van der Waals surface area contributed by atoms with Crippen LogP contribution in [0.4, 0.5) is 10.5 Å². The van der Waals surface area contributed by atoms with Gasteiger partial charge in [0.2, 0.25) is 0 Å². The van der Waals surface area contributed by atoms with Crippen LogP contribution in [0.5, 0.6) is 0 Å². The summed E-state index contributed by atoms with van der Waals surface area (Å²) in [7, 11) is 0. The van der Waals surface area contributed by atoms with Crippen LogP contribution in [0.2, 0.25) is 0 Å². The third-order valence-electron chi connectivity index (χ3n) is 3.32. The topological polar surface area (TPSA) is 72.4 Å². The molecule has 0 radical (unpaired) electrons. The van der Waals surface area contributed by atoms with Crippen LogP contribution in [0.15, 0.2) is 12.3 Å². The molecule has 1 saturated heterocycles. The number of nitriles is 1. The van der Waals surface area contributed by atoms with Crippen LogP contribution in [0.3, 0.4) is 0 Å². The molecule has 1 aromatic rings. The highest BCUT2D eigenvalue weighted by molar-refractivity contribution is 7.71. The Labute approximate surface area is 135 Å². The third kappa shape index (κ3) is 3.77. The first-order chi connectivity index (χ1) is 10.3. The smallest absolute Gasteiger partial charge is 0.410 e. The number of piperazine rings is 1. The van der Waals surface area contributed by atoms with E-state index in [9.17, 15) is 10.1 Å². The molecular formula is C15H20N4O2S. The van der Waals surface area contributed by atoms with Gasteiger partial charge in [0, 0.05) is 32.4 Å². The monoisotopic (exact) mass is 320 g/mol. The molecule has 1 N–H and O–H groups in total. The molecule has 0 aromatic carbocycles. The van der Waals surface area contributed by atoms with Crippen molar-refractivity contribution in [3.8, 4) is 6.07 Å². The Morgan fingerprint density at radius 2 is 2.00 bits per heavy atom. The second-order valence-electron chi connectivity index (χ2n) is 6.13. The number of amides is 1. The number of nitrogens with zero attached hydrogens (tertiary/aromatic N) is 3. The Hall–Kier alpha value is -2.07. The van der Waals surface area contributed by atoms with Crippen LogP contribution in [0.1, 0.15) is 26.3 Å². The van der Waals surface area contributed by atoms with Crippen molar-refractivity contribution in [1.29, 1.82) is 5.26 Å². The van der Waals surface area contributed by atoms with Gasteiger partial charge in [-0.25, -0.2) is 4.79 Å². The van der Waals surface area contributed by atoms with E-state index in [4.69, 9.17) is 17.0 Å². The predicted molar refractivity (Wildman–Crippen MR) is 86.4 cm³/mol. The number of carbonyl (C=O) groups excluding carboxylic acids is 1. The first-order valence-corrected chi connectivity index (χ1v) is 7.57. The van der Waals surface area contributed by atoms with Crippen molar-refractivity contribution in [3.05, 3.63) is 22.5 Å². The highest BCUT2D eigenvalue weighted by atomic mass is 32.1. The summed E-state index contributed by atoms with van der Waals surface area (Å²) < 4.78 is 5.82. The van der Waals surface area contributed by atoms with Crippen LogP contribution < -0.4 is 4.90 Å². The fraction of sp³-hybridized carbons (Fsp3) is 0.533. The lowest BCUT2D eigenvalue weighted by Gasteiger charge is -2.37. The molecule has 0 spiro atoms. The first-order valence-electron chi connectivity index (χ1n) is 7.16. The van der Waals surface area contributed by atoms with E-state index >= 15 is 0 Å². The van der Waals surface area contributed by atoms with Gasteiger partial charge in [0.25, 0.3) is 0 Å². The third-order valence-corrected chi connectivity index (χ3v) is 3.64. The fourth-order valence-corrected chi connectivity index (χ4v) is 2.51. The molecule has 118 valence electrons. The number of rotatable bonds is 1. The molecule has 6 nitrogen and oxygen atoms in total. The number of pyridine rings is 1. The van der Waals surface area contributed by atoms with Crippen LogP contribution >= 0.6 is 12.2 Å². The quantitative estimate of drug-likeness (QED) is 0.805. The van der Waals surface area contributed by atoms with E-state index in [1.165, 1.54) is 0 Å². The van der Waals surface area contributed by atoms with Gasteiger partial charge < -0.3 is 19.5 Å². The maximum absolute atomic E-state index is 12.0. The van der Waals surface area contributed by atoms with Crippen molar-refractivity contribution in [2.75, 3.05) is 31.1 Å². The Morgan fingerprint density at radius 1 is 1.36 bits per heavy atom. The molecule has 1 aliphatic heterocycles. The SMILES string of the molecule is CC(C)(C)OC(=O)N1CCN(c2cc[nH]c(=S)c2C#N)CC1. The molecule has 7 heteroatoms. The van der Waals surface area contributed by atoms with E-state index in [1.807, 2.05) is 26.8 Å². The Balaban J connectivity index is 2.04. The lowest BCUT2D eigenvalue weighted by atomic mass is 10.2. The second kappa shape index (κ2) is 6.36. The zero-order valence-electron chi connectivity index (χ0n) is 13.0. The van der Waals surface area contributed by atoms with Gasteiger partial charge in [-0.2, -0.15) is 5.26 Å². The van der Waals surface area contributed by atoms with Gasteiger partial charge in [-0.05, 0) is 26.8 Å². The number of hydrogen-bond acceptors (Lipinski definition) is 5. The van der Waals surface area contributed by atoms with Gasteiger partial charge in [0.1, 0.15) is 21.9 Å². The Bertz CT molecular complexity index is 649. The standard InChI is InChI=1S/C15H20N4O2S/c1-15(2,3)21-14(20)19-8-6-18(7-9-19)12-4-5-17-13(22)11(12)10-16/h4-5H,6-9H2,1-3H3,(H,17,22). The van der Waals surface area contributed by atoms with Crippen molar-refractivity contribution in [1.82, 2.24) is 9.88 Å². The van der Waals surface area contributed by atoms with Gasteiger partial charge in [-0.15, -0.1) is 0 Å². The summed E-state index contributed by atoms with van der Waals surface area (Å²) in [6, 6.07) is 3.99. The number of carbonyl (C=O) groups is 1. The number of aromatic amines is 1. The summed E-state index contributed by atoms with van der Waals surface area (Å²) in [6.07, 6.45) is 1.44. The highest BCUT2D eigenvalue weighted by Gasteiger charge is 2.26. The van der Waals surface area contributed by atoms with Crippen molar-refractivity contribution in [2.45, 2.75) is 26.4 Å². The molecule has 2 heterocycles. The zero-order valence-corrected chi connectivity index (χ0v) is 13.9. The van der Waals surface area contributed by atoms with E-state index in [1.54, 1.807) is 11.1 Å². The largest absolute Gasteiger partial charge is 0.444 e. The number of ether oxygens (including phenoxy) is 1. The summed E-state index contributed by atoms with van der Waals surface area (Å²) in [4.78, 5) is 18.7. The van der Waals surface area contributed by atoms with Gasteiger partial charge in [0.05, 0.1) is 5.69 Å². The molecule has 1 aromatic heterocycles. The van der Waals surface area contributed by atoms with Crippen molar-refractivity contribution in [2.24, 2.45) is 0 Å². The maximum Gasteiger partial charge on any atom is 0.410 e. The molecule has 1 aliphatic rings. The Kier molecular flexibility index (Phi) is 4.71. The minimum Gasteiger partial charge on any atom is -0.444 e. The molecule has 0 atom stereocenters. The maximum atomic E-state index is 12.0. The molecule has 0 aliphatic carbocycles. The van der Waals surface area contributed by atoms with E-state index in [0.717, 1.165) is 5.69 Å². The minimum atomic E-state index is -0.491. The molecule has 2 rings (SSSR count). The number of aromatic nitrogens is 1. The average Bonchev–Trinajstić information content (AvgIpc) is 2.45. The summed E-state index contributed by atoms with van der Waals surface area (Å²) >= 11 is 5.14. The van der Waals surface area contributed by atoms with Crippen LogP contribution in [0.25, 0.3) is 0 Å². The van der Waals surface area contributed by atoms with E-state index in [-0.39, 0.29) is 6.09 Å². The zero-order chi connectivity index (χ0) is 16.3. The minimum absolute atomic E-state index is 0.294. The van der Waals surface area contributed by atoms with Crippen LogP contribution in [-0.2, 0) is 4.74 Å². The van der Waals surface area contributed by atoms with E-state index < -0.39 is 5.60 Å². The normalized spacial score (nSPS) is 15.4. The second-order valence-corrected chi connectivity index (χ2v) is 6.54. The van der Waals surface area contributed by atoms with E-state index in [2.05, 4.69) is 16.0 Å². The van der Waals surface area contributed by atoms with Crippen molar-refractivity contribution < 1.29 is 9.53 Å². The lowest BCUT2D eigenvalue weighted by molar-refractivity contribution is 0.0240. The highest BCUT2D eigenvalue weighted by Crippen LogP contribution is 2.22. The molecule has 1 amide bonds. The number of anilines is 1. The lowest BCUT2D eigenvalue weighted by Crippen LogP contribution is -2.50. The average molecular weight is 320 g/mol. The first kappa shape index (κ1) is 16.3. The molecule has 0 saturated carbocycles. The predicted octanol–water partition coefficient (Wildman–Crippen LogP) is 2.67. The van der Waals surface area contributed by atoms with Gasteiger partial charge in [-0.3, -0.25) is 0 Å². The molecule has 1 fully saturated rings. The van der Waals surface area contributed by atoms with Crippen molar-refractivity contribution >= 4 is 24.0 Å². The van der Waals surface area contributed by atoms with Gasteiger partial charge in [0.15, 0.2) is 0 Å². The molecule has 0 bridgehead atoms. The molecular weight excluding hydrogens is 300 g/mol.